The molecule has 3 nitrogen and oxygen atoms in total. The predicted octanol–water partition coefficient (Wildman–Crippen LogP) is 1.03. The summed E-state index contributed by atoms with van der Waals surface area (Å²) in [6.45, 7) is 6.33. The Morgan fingerprint density at radius 2 is 2.10 bits per heavy atom. The molecule has 0 fully saturated rings. The van der Waals surface area contributed by atoms with Gasteiger partial charge in [-0.2, -0.15) is 0 Å². The number of hydrogen-bond acceptors (Lipinski definition) is 3. The van der Waals surface area contributed by atoms with E-state index in [1.54, 1.807) is 6.92 Å². The van der Waals surface area contributed by atoms with Gasteiger partial charge in [0, 0.05) is 5.57 Å². The average molecular weight is 143 g/mol. The first-order valence-electron chi connectivity index (χ1n) is 2.88. The minimum Gasteiger partial charge on any atom is -0.459 e. The Morgan fingerprint density at radius 1 is 1.60 bits per heavy atom. The number of ether oxygens (including phenoxy) is 1. The Morgan fingerprint density at radius 3 is 2.40 bits per heavy atom. The van der Waals surface area contributed by atoms with Crippen LogP contribution >= 0.6 is 0 Å². The highest BCUT2D eigenvalue weighted by Gasteiger charge is 2.04. The number of aliphatic hydroxyl groups excluding tert-OH is 1. The second-order valence-corrected chi connectivity index (χ2v) is 2.09. The minimum absolute atomic E-state index is 0.0499. The summed E-state index contributed by atoms with van der Waals surface area (Å²) < 4.78 is 4.54. The smallest absolute Gasteiger partial charge is 0.333 e. The van der Waals surface area contributed by atoms with E-state index in [1.807, 2.05) is 0 Å². The van der Waals surface area contributed by atoms with Crippen LogP contribution in [0.1, 0.15) is 13.8 Å². The first kappa shape index (κ1) is 9.17. The van der Waals surface area contributed by atoms with Crippen LogP contribution in [-0.2, 0) is 9.53 Å². The fourth-order valence-electron chi connectivity index (χ4n) is 0.293. The van der Waals surface area contributed by atoms with E-state index in [2.05, 4.69) is 11.3 Å². The van der Waals surface area contributed by atoms with Crippen LogP contribution in [0.3, 0.4) is 0 Å². The van der Waals surface area contributed by atoms with Crippen molar-refractivity contribution in [3.63, 3.8) is 0 Å². The highest BCUT2D eigenvalue weighted by Crippen LogP contribution is 1.96. The van der Waals surface area contributed by atoms with Crippen LogP contribution in [0.5, 0.6) is 0 Å². The van der Waals surface area contributed by atoms with Gasteiger partial charge < -0.3 is 9.84 Å². The van der Waals surface area contributed by atoms with E-state index in [0.29, 0.717) is 5.57 Å². The standard InChI is InChI=1S/C7H11O3/c1-5(2)7(9)10-4-6(3)8/h8H,1,4H2,2-3H3. The molecule has 57 valence electrons. The van der Waals surface area contributed by atoms with Crippen LogP contribution < -0.4 is 0 Å². The third kappa shape index (κ3) is 4.09. The SMILES string of the molecule is C=C(C)C(=O)OC[C](C)O. The average Bonchev–Trinajstić information content (AvgIpc) is 1.82. The van der Waals surface area contributed by atoms with E-state index in [0.717, 1.165) is 0 Å². The van der Waals surface area contributed by atoms with Crippen molar-refractivity contribution >= 4 is 5.97 Å². The lowest BCUT2D eigenvalue weighted by atomic mass is 10.3. The van der Waals surface area contributed by atoms with E-state index in [9.17, 15) is 4.79 Å². The first-order valence-corrected chi connectivity index (χ1v) is 2.88. The van der Waals surface area contributed by atoms with Gasteiger partial charge in [0.25, 0.3) is 0 Å². The van der Waals surface area contributed by atoms with Crippen molar-refractivity contribution in [2.75, 3.05) is 6.61 Å². The lowest BCUT2D eigenvalue weighted by Crippen LogP contribution is -2.10. The van der Waals surface area contributed by atoms with E-state index in [1.165, 1.54) is 6.92 Å². The summed E-state index contributed by atoms with van der Waals surface area (Å²) in [5.74, 6) is -0.478. The van der Waals surface area contributed by atoms with Crippen LogP contribution in [0.4, 0.5) is 0 Å². The molecule has 0 spiro atoms. The van der Waals surface area contributed by atoms with E-state index in [-0.39, 0.29) is 12.7 Å². The zero-order chi connectivity index (χ0) is 8.15. The third-order valence-corrected chi connectivity index (χ3v) is 0.761. The first-order chi connectivity index (χ1) is 4.54. The predicted molar refractivity (Wildman–Crippen MR) is 36.6 cm³/mol. The molecule has 0 unspecified atom stereocenters. The summed E-state index contributed by atoms with van der Waals surface area (Å²) in [6.07, 6.45) is 0.0783. The lowest BCUT2D eigenvalue weighted by molar-refractivity contribution is -0.139. The van der Waals surface area contributed by atoms with Crippen molar-refractivity contribution in [2.45, 2.75) is 13.8 Å². The molecule has 0 aliphatic carbocycles. The molecule has 0 aliphatic rings. The van der Waals surface area contributed by atoms with E-state index < -0.39 is 5.97 Å². The molecule has 0 saturated heterocycles. The van der Waals surface area contributed by atoms with Gasteiger partial charge in [-0.05, 0) is 13.8 Å². The number of carbonyl (C=O) groups is 1. The summed E-state index contributed by atoms with van der Waals surface area (Å²) in [4.78, 5) is 10.6. The van der Waals surface area contributed by atoms with Gasteiger partial charge in [0.1, 0.15) is 12.7 Å². The third-order valence-electron chi connectivity index (χ3n) is 0.761. The number of carbonyl (C=O) groups excluding carboxylic acids is 1. The molecule has 1 radical (unpaired) electrons. The van der Waals surface area contributed by atoms with Crippen molar-refractivity contribution in [2.24, 2.45) is 0 Å². The summed E-state index contributed by atoms with van der Waals surface area (Å²) in [5.41, 5.74) is 0.334. The molecule has 0 saturated carbocycles. The molecule has 1 N–H and O–H groups in total. The lowest BCUT2D eigenvalue weighted by Gasteiger charge is -2.04. The number of aliphatic hydroxyl groups is 1. The Kier molecular flexibility index (Phi) is 3.72. The molecule has 0 amide bonds. The Labute approximate surface area is 60.3 Å². The summed E-state index contributed by atoms with van der Waals surface area (Å²) in [5, 5.41) is 8.59. The zero-order valence-electron chi connectivity index (χ0n) is 6.18. The maximum Gasteiger partial charge on any atom is 0.333 e. The van der Waals surface area contributed by atoms with Crippen molar-refractivity contribution in [1.82, 2.24) is 0 Å². The van der Waals surface area contributed by atoms with Gasteiger partial charge in [0.15, 0.2) is 0 Å². The molecule has 10 heavy (non-hydrogen) atoms. The van der Waals surface area contributed by atoms with Gasteiger partial charge in [-0.1, -0.05) is 6.58 Å². The van der Waals surface area contributed by atoms with Gasteiger partial charge in [0.05, 0.1) is 0 Å². The summed E-state index contributed by atoms with van der Waals surface area (Å²) in [6, 6.07) is 0. The van der Waals surface area contributed by atoms with Crippen molar-refractivity contribution in [3.8, 4) is 0 Å². The van der Waals surface area contributed by atoms with Crippen LogP contribution in [0.2, 0.25) is 0 Å². The van der Waals surface area contributed by atoms with Gasteiger partial charge in [-0.25, -0.2) is 4.79 Å². The molecule has 0 aliphatic heterocycles. The van der Waals surface area contributed by atoms with Gasteiger partial charge >= 0.3 is 5.97 Å². The second-order valence-electron chi connectivity index (χ2n) is 2.09. The largest absolute Gasteiger partial charge is 0.459 e. The van der Waals surface area contributed by atoms with Crippen LogP contribution in [0.25, 0.3) is 0 Å². The summed E-state index contributed by atoms with van der Waals surface area (Å²) >= 11 is 0. The van der Waals surface area contributed by atoms with Crippen LogP contribution in [0, 0.1) is 6.10 Å². The monoisotopic (exact) mass is 143 g/mol. The molecule has 0 bridgehead atoms. The maximum atomic E-state index is 10.6. The molecular weight excluding hydrogens is 132 g/mol. The highest BCUT2D eigenvalue weighted by molar-refractivity contribution is 5.86. The number of hydrogen-bond donors (Lipinski definition) is 1. The Hall–Kier alpha value is -0.830. The normalized spacial score (nSPS) is 9.60. The second kappa shape index (κ2) is 4.06. The molecule has 0 aromatic rings. The molecular formula is C7H11O3. The fraction of sp³-hybridized carbons (Fsp3) is 0.429. The molecule has 0 heterocycles. The zero-order valence-corrected chi connectivity index (χ0v) is 6.18. The molecule has 0 aromatic heterocycles. The molecule has 0 atom stereocenters. The van der Waals surface area contributed by atoms with Crippen molar-refractivity contribution in [1.29, 1.82) is 0 Å². The number of esters is 1. The van der Waals surface area contributed by atoms with Gasteiger partial charge in [-0.15, -0.1) is 0 Å². The van der Waals surface area contributed by atoms with E-state index >= 15 is 0 Å². The summed E-state index contributed by atoms with van der Waals surface area (Å²) in [7, 11) is 0. The fourth-order valence-corrected chi connectivity index (χ4v) is 0.293. The maximum absolute atomic E-state index is 10.6. The Balaban J connectivity index is 3.50. The Bertz CT molecular complexity index is 138. The van der Waals surface area contributed by atoms with Crippen molar-refractivity contribution in [3.05, 3.63) is 18.3 Å². The van der Waals surface area contributed by atoms with Crippen molar-refractivity contribution < 1.29 is 14.6 Å². The quantitative estimate of drug-likeness (QED) is 0.474. The molecule has 0 rings (SSSR count). The molecule has 0 aromatic carbocycles. The van der Waals surface area contributed by atoms with Crippen LogP contribution in [-0.4, -0.2) is 17.7 Å². The highest BCUT2D eigenvalue weighted by atomic mass is 16.5. The molecule has 3 heteroatoms. The van der Waals surface area contributed by atoms with Gasteiger partial charge in [-0.3, -0.25) is 0 Å². The topological polar surface area (TPSA) is 46.5 Å². The minimum atomic E-state index is -0.478. The van der Waals surface area contributed by atoms with Gasteiger partial charge in [0.2, 0.25) is 0 Å². The van der Waals surface area contributed by atoms with E-state index in [4.69, 9.17) is 5.11 Å². The number of rotatable bonds is 3. The van der Waals surface area contributed by atoms with Crippen LogP contribution in [0.15, 0.2) is 12.2 Å².